The van der Waals surface area contributed by atoms with Gasteiger partial charge in [-0.2, -0.15) is 0 Å². The molecule has 2 heterocycles. The van der Waals surface area contributed by atoms with E-state index in [1.807, 2.05) is 31.2 Å². The topological polar surface area (TPSA) is 77.0 Å². The molecule has 3 rings (SSSR count). The second kappa shape index (κ2) is 5.05. The van der Waals surface area contributed by atoms with Crippen LogP contribution in [0.15, 0.2) is 30.5 Å². The van der Waals surface area contributed by atoms with Crippen LogP contribution in [0.25, 0.3) is 5.69 Å². The smallest absolute Gasteiger partial charge is 0.276 e. The average Bonchev–Trinajstić information content (AvgIpc) is 3.08. The van der Waals surface area contributed by atoms with Gasteiger partial charge in [-0.25, -0.2) is 4.68 Å². The molecule has 20 heavy (non-hydrogen) atoms. The van der Waals surface area contributed by atoms with E-state index in [4.69, 9.17) is 5.73 Å². The molecule has 0 aliphatic carbocycles. The minimum Gasteiger partial charge on any atom is -0.336 e. The number of hydrogen-bond donors (Lipinski definition) is 1. The van der Waals surface area contributed by atoms with Gasteiger partial charge in [0.25, 0.3) is 5.91 Å². The molecule has 1 aliphatic rings. The molecule has 0 radical (unpaired) electrons. The maximum Gasteiger partial charge on any atom is 0.276 e. The SMILES string of the molecule is Cc1ccc(-n2cc(C(=O)N3CC[C@@H](N)C3)nn2)cc1. The summed E-state index contributed by atoms with van der Waals surface area (Å²) in [6.07, 6.45) is 2.51. The zero-order chi connectivity index (χ0) is 14.1. The van der Waals surface area contributed by atoms with Gasteiger partial charge >= 0.3 is 0 Å². The lowest BCUT2D eigenvalue weighted by Crippen LogP contribution is -2.32. The largest absolute Gasteiger partial charge is 0.336 e. The number of amides is 1. The normalized spacial score (nSPS) is 18.5. The number of carbonyl (C=O) groups is 1. The fourth-order valence-electron chi connectivity index (χ4n) is 2.32. The Bertz CT molecular complexity index is 619. The van der Waals surface area contributed by atoms with Crippen molar-refractivity contribution in [2.24, 2.45) is 5.73 Å². The van der Waals surface area contributed by atoms with E-state index in [1.54, 1.807) is 15.8 Å². The van der Waals surface area contributed by atoms with Crippen LogP contribution in [0.4, 0.5) is 0 Å². The Morgan fingerprint density at radius 2 is 2.10 bits per heavy atom. The number of likely N-dealkylation sites (tertiary alicyclic amines) is 1. The van der Waals surface area contributed by atoms with Crippen molar-refractivity contribution in [1.29, 1.82) is 0 Å². The molecule has 1 aliphatic heterocycles. The maximum absolute atomic E-state index is 12.2. The van der Waals surface area contributed by atoms with E-state index < -0.39 is 0 Å². The number of nitrogens with zero attached hydrogens (tertiary/aromatic N) is 4. The first-order valence-electron chi connectivity index (χ1n) is 6.68. The van der Waals surface area contributed by atoms with Gasteiger partial charge in [-0.15, -0.1) is 5.10 Å². The van der Waals surface area contributed by atoms with Gasteiger partial charge < -0.3 is 10.6 Å². The van der Waals surface area contributed by atoms with Crippen molar-refractivity contribution in [2.75, 3.05) is 13.1 Å². The summed E-state index contributed by atoms with van der Waals surface area (Å²) in [7, 11) is 0. The minimum atomic E-state index is -0.101. The molecule has 1 amide bonds. The molecule has 6 nitrogen and oxygen atoms in total. The Balaban J connectivity index is 1.79. The zero-order valence-corrected chi connectivity index (χ0v) is 11.4. The molecule has 1 saturated heterocycles. The van der Waals surface area contributed by atoms with Crippen LogP contribution in [-0.4, -0.2) is 44.9 Å². The zero-order valence-electron chi connectivity index (χ0n) is 11.4. The highest BCUT2D eigenvalue weighted by molar-refractivity contribution is 5.92. The number of aryl methyl sites for hydroxylation is 1. The molecule has 0 spiro atoms. The van der Waals surface area contributed by atoms with Crippen LogP contribution in [0.3, 0.4) is 0 Å². The summed E-state index contributed by atoms with van der Waals surface area (Å²) in [5.41, 5.74) is 8.24. The van der Waals surface area contributed by atoms with Crippen molar-refractivity contribution in [2.45, 2.75) is 19.4 Å². The first-order valence-corrected chi connectivity index (χ1v) is 6.68. The molecule has 0 unspecified atom stereocenters. The lowest BCUT2D eigenvalue weighted by molar-refractivity contribution is 0.0785. The highest BCUT2D eigenvalue weighted by Gasteiger charge is 2.26. The predicted octanol–water partition coefficient (Wildman–Crippen LogP) is 0.749. The van der Waals surface area contributed by atoms with E-state index in [1.165, 1.54) is 5.56 Å². The van der Waals surface area contributed by atoms with Crippen LogP contribution >= 0.6 is 0 Å². The van der Waals surface area contributed by atoms with Crippen molar-refractivity contribution < 1.29 is 4.79 Å². The summed E-state index contributed by atoms with van der Waals surface area (Å²) in [6, 6.07) is 7.97. The number of benzene rings is 1. The van der Waals surface area contributed by atoms with E-state index in [0.29, 0.717) is 18.8 Å². The van der Waals surface area contributed by atoms with E-state index in [-0.39, 0.29) is 11.9 Å². The summed E-state index contributed by atoms with van der Waals surface area (Å²) >= 11 is 0. The molecular weight excluding hydrogens is 254 g/mol. The summed E-state index contributed by atoms with van der Waals surface area (Å²) in [5, 5.41) is 7.98. The Morgan fingerprint density at radius 3 is 2.75 bits per heavy atom. The second-order valence-corrected chi connectivity index (χ2v) is 5.18. The second-order valence-electron chi connectivity index (χ2n) is 5.18. The van der Waals surface area contributed by atoms with Crippen LogP contribution in [0.1, 0.15) is 22.5 Å². The van der Waals surface area contributed by atoms with Crippen LogP contribution in [0.2, 0.25) is 0 Å². The van der Waals surface area contributed by atoms with Gasteiger partial charge in [0, 0.05) is 19.1 Å². The third-order valence-corrected chi connectivity index (χ3v) is 3.52. The van der Waals surface area contributed by atoms with E-state index in [0.717, 1.165) is 12.1 Å². The van der Waals surface area contributed by atoms with Crippen LogP contribution in [0.5, 0.6) is 0 Å². The molecule has 2 N–H and O–H groups in total. The molecule has 0 saturated carbocycles. The first-order chi connectivity index (χ1) is 9.63. The molecule has 0 bridgehead atoms. The number of aromatic nitrogens is 3. The summed E-state index contributed by atoms with van der Waals surface area (Å²) in [6.45, 7) is 3.31. The predicted molar refractivity (Wildman–Crippen MR) is 74.6 cm³/mol. The van der Waals surface area contributed by atoms with Crippen molar-refractivity contribution in [1.82, 2.24) is 19.9 Å². The monoisotopic (exact) mass is 271 g/mol. The molecule has 104 valence electrons. The van der Waals surface area contributed by atoms with Crippen molar-refractivity contribution >= 4 is 5.91 Å². The third-order valence-electron chi connectivity index (χ3n) is 3.52. The standard InChI is InChI=1S/C14H17N5O/c1-10-2-4-12(5-3-10)19-9-13(16-17-19)14(20)18-7-6-11(15)8-18/h2-5,9,11H,6-8,15H2,1H3/t11-/m1/s1. The van der Waals surface area contributed by atoms with Crippen molar-refractivity contribution in [3.63, 3.8) is 0 Å². The van der Waals surface area contributed by atoms with Gasteiger partial charge in [-0.05, 0) is 25.5 Å². The molecule has 1 fully saturated rings. The molecular formula is C14H17N5O. The average molecular weight is 271 g/mol. The van der Waals surface area contributed by atoms with Crippen LogP contribution < -0.4 is 5.73 Å². The minimum absolute atomic E-state index is 0.0751. The lowest BCUT2D eigenvalue weighted by atomic mass is 10.2. The summed E-state index contributed by atoms with van der Waals surface area (Å²) in [5.74, 6) is -0.101. The number of hydrogen-bond acceptors (Lipinski definition) is 4. The first kappa shape index (κ1) is 12.8. The fraction of sp³-hybridized carbons (Fsp3) is 0.357. The Morgan fingerprint density at radius 1 is 1.35 bits per heavy atom. The highest BCUT2D eigenvalue weighted by Crippen LogP contribution is 2.13. The maximum atomic E-state index is 12.2. The highest BCUT2D eigenvalue weighted by atomic mass is 16.2. The van der Waals surface area contributed by atoms with Crippen molar-refractivity contribution in [3.05, 3.63) is 41.7 Å². The Kier molecular flexibility index (Phi) is 3.23. The third kappa shape index (κ3) is 2.42. The summed E-state index contributed by atoms with van der Waals surface area (Å²) in [4.78, 5) is 14.0. The van der Waals surface area contributed by atoms with Gasteiger partial charge in [-0.1, -0.05) is 22.9 Å². The van der Waals surface area contributed by atoms with E-state index in [2.05, 4.69) is 10.3 Å². The summed E-state index contributed by atoms with van der Waals surface area (Å²) < 4.78 is 1.61. The molecule has 1 aromatic heterocycles. The fourth-order valence-corrected chi connectivity index (χ4v) is 2.32. The molecule has 6 heteroatoms. The lowest BCUT2D eigenvalue weighted by Gasteiger charge is -2.13. The van der Waals surface area contributed by atoms with Gasteiger partial charge in [0.05, 0.1) is 11.9 Å². The van der Waals surface area contributed by atoms with Gasteiger partial charge in [0.15, 0.2) is 5.69 Å². The molecule has 2 aromatic rings. The molecule has 1 atom stereocenters. The van der Waals surface area contributed by atoms with Crippen LogP contribution in [-0.2, 0) is 0 Å². The Labute approximate surface area is 117 Å². The Hall–Kier alpha value is -2.21. The van der Waals surface area contributed by atoms with Crippen molar-refractivity contribution in [3.8, 4) is 5.69 Å². The number of rotatable bonds is 2. The van der Waals surface area contributed by atoms with Gasteiger partial charge in [0.2, 0.25) is 0 Å². The van der Waals surface area contributed by atoms with E-state index >= 15 is 0 Å². The van der Waals surface area contributed by atoms with Gasteiger partial charge in [-0.3, -0.25) is 4.79 Å². The quantitative estimate of drug-likeness (QED) is 0.874. The van der Waals surface area contributed by atoms with Gasteiger partial charge in [0.1, 0.15) is 0 Å². The number of nitrogens with two attached hydrogens (primary N) is 1. The number of carbonyl (C=O) groups excluding carboxylic acids is 1. The van der Waals surface area contributed by atoms with E-state index in [9.17, 15) is 4.79 Å². The molecule has 1 aromatic carbocycles. The van der Waals surface area contributed by atoms with Crippen LogP contribution in [0, 0.1) is 6.92 Å².